The number of fused-ring (bicyclic) bond motifs is 1. The summed E-state index contributed by atoms with van der Waals surface area (Å²) in [6.07, 6.45) is 2.63. The van der Waals surface area contributed by atoms with Gasteiger partial charge in [0, 0.05) is 24.0 Å². The molecule has 2 heterocycles. The molecule has 2 aromatic carbocycles. The fourth-order valence-corrected chi connectivity index (χ4v) is 3.82. The normalized spacial score (nSPS) is 22.6. The van der Waals surface area contributed by atoms with E-state index < -0.39 is 6.10 Å². The van der Waals surface area contributed by atoms with Gasteiger partial charge in [0.1, 0.15) is 6.61 Å². The standard InChI is InChI=1S/C21H22ClNO3/c22-17-10-8-15(9-11-17)16-5-3-4-12-23(13-16)21(24)20-14-25-18-6-1-2-7-19(18)26-20/h1-2,6-11,16,20H,3-5,12-14H2. The highest BCUT2D eigenvalue weighted by Crippen LogP contribution is 2.32. The molecule has 0 aliphatic carbocycles. The van der Waals surface area contributed by atoms with Gasteiger partial charge in [-0.3, -0.25) is 4.79 Å². The predicted octanol–water partition coefficient (Wildman–Crippen LogP) is 4.28. The summed E-state index contributed by atoms with van der Waals surface area (Å²) in [5.41, 5.74) is 1.24. The number of halogens is 1. The third-order valence-corrected chi connectivity index (χ3v) is 5.36. The van der Waals surface area contributed by atoms with E-state index in [9.17, 15) is 4.79 Å². The number of carbonyl (C=O) groups excluding carboxylic acids is 1. The Labute approximate surface area is 158 Å². The van der Waals surface area contributed by atoms with Gasteiger partial charge in [-0.05, 0) is 42.7 Å². The first kappa shape index (κ1) is 17.2. The molecule has 136 valence electrons. The van der Waals surface area contributed by atoms with Gasteiger partial charge in [0.2, 0.25) is 6.10 Å². The Morgan fingerprint density at radius 1 is 1.04 bits per heavy atom. The summed E-state index contributed by atoms with van der Waals surface area (Å²) in [5, 5.41) is 0.738. The van der Waals surface area contributed by atoms with Gasteiger partial charge in [0.25, 0.3) is 5.91 Å². The molecule has 2 atom stereocenters. The summed E-state index contributed by atoms with van der Waals surface area (Å²) in [7, 11) is 0. The molecule has 2 unspecified atom stereocenters. The van der Waals surface area contributed by atoms with Crippen molar-refractivity contribution in [3.63, 3.8) is 0 Å². The van der Waals surface area contributed by atoms with Crippen molar-refractivity contribution in [1.82, 2.24) is 4.90 Å². The van der Waals surface area contributed by atoms with Gasteiger partial charge in [-0.25, -0.2) is 0 Å². The van der Waals surface area contributed by atoms with Crippen molar-refractivity contribution in [2.45, 2.75) is 31.3 Å². The number of ether oxygens (including phenoxy) is 2. The molecule has 2 aromatic rings. The lowest BCUT2D eigenvalue weighted by Gasteiger charge is -2.31. The van der Waals surface area contributed by atoms with E-state index in [4.69, 9.17) is 21.1 Å². The van der Waals surface area contributed by atoms with Gasteiger partial charge >= 0.3 is 0 Å². The average Bonchev–Trinajstić information content (AvgIpc) is 2.94. The zero-order valence-corrected chi connectivity index (χ0v) is 15.3. The number of para-hydroxylation sites is 2. The molecular formula is C21H22ClNO3. The Hall–Kier alpha value is -2.20. The van der Waals surface area contributed by atoms with E-state index in [1.165, 1.54) is 5.56 Å². The monoisotopic (exact) mass is 371 g/mol. The maximum Gasteiger partial charge on any atom is 0.267 e. The molecule has 0 radical (unpaired) electrons. The third kappa shape index (κ3) is 3.65. The van der Waals surface area contributed by atoms with E-state index >= 15 is 0 Å². The van der Waals surface area contributed by atoms with Crippen LogP contribution in [0.4, 0.5) is 0 Å². The smallest absolute Gasteiger partial charge is 0.267 e. The van der Waals surface area contributed by atoms with Crippen LogP contribution in [0, 0.1) is 0 Å². The Morgan fingerprint density at radius 2 is 1.81 bits per heavy atom. The first-order valence-corrected chi connectivity index (χ1v) is 9.51. The lowest BCUT2D eigenvalue weighted by Crippen LogP contribution is -2.47. The zero-order valence-electron chi connectivity index (χ0n) is 14.6. The number of likely N-dealkylation sites (tertiary alicyclic amines) is 1. The van der Waals surface area contributed by atoms with Crippen LogP contribution < -0.4 is 9.47 Å². The van der Waals surface area contributed by atoms with Gasteiger partial charge < -0.3 is 14.4 Å². The Balaban J connectivity index is 1.47. The zero-order chi connectivity index (χ0) is 17.9. The lowest BCUT2D eigenvalue weighted by atomic mass is 9.94. The van der Waals surface area contributed by atoms with Crippen LogP contribution in [-0.2, 0) is 4.79 Å². The van der Waals surface area contributed by atoms with Crippen LogP contribution >= 0.6 is 11.6 Å². The number of nitrogens with zero attached hydrogens (tertiary/aromatic N) is 1. The summed E-state index contributed by atoms with van der Waals surface area (Å²) in [5.74, 6) is 1.68. The lowest BCUT2D eigenvalue weighted by molar-refractivity contribution is -0.141. The molecule has 4 nitrogen and oxygen atoms in total. The van der Waals surface area contributed by atoms with Crippen molar-refractivity contribution < 1.29 is 14.3 Å². The van der Waals surface area contributed by atoms with Crippen molar-refractivity contribution >= 4 is 17.5 Å². The van der Waals surface area contributed by atoms with Gasteiger partial charge in [-0.2, -0.15) is 0 Å². The van der Waals surface area contributed by atoms with Crippen LogP contribution in [-0.4, -0.2) is 36.6 Å². The SMILES string of the molecule is O=C(C1COc2ccccc2O1)N1CCCCC(c2ccc(Cl)cc2)C1. The number of hydrogen-bond acceptors (Lipinski definition) is 3. The van der Waals surface area contributed by atoms with E-state index in [0.717, 1.165) is 30.8 Å². The molecule has 1 saturated heterocycles. The van der Waals surface area contributed by atoms with E-state index in [-0.39, 0.29) is 12.5 Å². The second-order valence-corrected chi connectivity index (χ2v) is 7.33. The van der Waals surface area contributed by atoms with Crippen molar-refractivity contribution in [1.29, 1.82) is 0 Å². The van der Waals surface area contributed by atoms with Crippen molar-refractivity contribution in [2.24, 2.45) is 0 Å². The van der Waals surface area contributed by atoms with Gasteiger partial charge in [-0.1, -0.05) is 42.3 Å². The summed E-state index contributed by atoms with van der Waals surface area (Å²) in [6.45, 7) is 1.74. The molecule has 2 aliphatic rings. The molecule has 5 heteroatoms. The topological polar surface area (TPSA) is 38.8 Å². The molecule has 26 heavy (non-hydrogen) atoms. The summed E-state index contributed by atoms with van der Waals surface area (Å²) >= 11 is 6.01. The van der Waals surface area contributed by atoms with Crippen LogP contribution in [0.25, 0.3) is 0 Å². The van der Waals surface area contributed by atoms with Crippen LogP contribution in [0.1, 0.15) is 30.7 Å². The Morgan fingerprint density at radius 3 is 2.62 bits per heavy atom. The molecular weight excluding hydrogens is 350 g/mol. The minimum Gasteiger partial charge on any atom is -0.485 e. The van der Waals surface area contributed by atoms with Crippen LogP contribution in [0.5, 0.6) is 11.5 Å². The highest BCUT2D eigenvalue weighted by molar-refractivity contribution is 6.30. The van der Waals surface area contributed by atoms with E-state index in [2.05, 4.69) is 12.1 Å². The molecule has 0 N–H and O–H groups in total. The fourth-order valence-electron chi connectivity index (χ4n) is 3.69. The molecule has 1 amide bonds. The van der Waals surface area contributed by atoms with Crippen molar-refractivity contribution in [3.05, 3.63) is 59.1 Å². The predicted molar refractivity (Wildman–Crippen MR) is 101 cm³/mol. The Kier molecular flexibility index (Phi) is 5.02. The highest BCUT2D eigenvalue weighted by Gasteiger charge is 2.33. The van der Waals surface area contributed by atoms with Crippen molar-refractivity contribution in [2.75, 3.05) is 19.7 Å². The number of amides is 1. The molecule has 0 bridgehead atoms. The van der Waals surface area contributed by atoms with Crippen LogP contribution in [0.2, 0.25) is 5.02 Å². The molecule has 4 rings (SSSR count). The van der Waals surface area contributed by atoms with E-state index in [1.54, 1.807) is 0 Å². The van der Waals surface area contributed by atoms with Crippen molar-refractivity contribution in [3.8, 4) is 11.5 Å². The minimum absolute atomic E-state index is 0.0142. The number of hydrogen-bond donors (Lipinski definition) is 0. The van der Waals surface area contributed by atoms with Gasteiger partial charge in [0.15, 0.2) is 11.5 Å². The van der Waals surface area contributed by atoms with Gasteiger partial charge in [0.05, 0.1) is 0 Å². The number of carbonyl (C=O) groups is 1. The second kappa shape index (κ2) is 7.58. The van der Waals surface area contributed by atoms with E-state index in [1.807, 2.05) is 41.3 Å². The van der Waals surface area contributed by atoms with Crippen LogP contribution in [0.15, 0.2) is 48.5 Å². The minimum atomic E-state index is -0.575. The molecule has 1 fully saturated rings. The number of rotatable bonds is 2. The quantitative estimate of drug-likeness (QED) is 0.791. The maximum absolute atomic E-state index is 13.0. The maximum atomic E-state index is 13.0. The van der Waals surface area contributed by atoms with E-state index in [0.29, 0.717) is 24.0 Å². The molecule has 0 aromatic heterocycles. The summed E-state index contributed by atoms with van der Waals surface area (Å²) in [4.78, 5) is 15.0. The Bertz CT molecular complexity index is 777. The molecule has 0 saturated carbocycles. The van der Waals surface area contributed by atoms with Crippen LogP contribution in [0.3, 0.4) is 0 Å². The highest BCUT2D eigenvalue weighted by atomic mass is 35.5. The number of benzene rings is 2. The summed E-state index contributed by atoms with van der Waals surface area (Å²) < 4.78 is 11.6. The third-order valence-electron chi connectivity index (χ3n) is 5.11. The first-order chi connectivity index (χ1) is 12.7. The van der Waals surface area contributed by atoms with Gasteiger partial charge in [-0.15, -0.1) is 0 Å². The summed E-state index contributed by atoms with van der Waals surface area (Å²) in [6, 6.07) is 15.5. The second-order valence-electron chi connectivity index (χ2n) is 6.89. The average molecular weight is 372 g/mol. The fraction of sp³-hybridized carbons (Fsp3) is 0.381. The molecule has 0 spiro atoms. The first-order valence-electron chi connectivity index (χ1n) is 9.13. The molecule has 2 aliphatic heterocycles. The largest absolute Gasteiger partial charge is 0.485 e.